The Morgan fingerprint density at radius 3 is 1.61 bits per heavy atom. The second kappa shape index (κ2) is 40.1. The number of carbonyl (C=O) groups excluding carboxylic acids is 2. The van der Waals surface area contributed by atoms with Crippen LogP contribution in [0.5, 0.6) is 0 Å². The van der Waals surface area contributed by atoms with Gasteiger partial charge in [0.25, 0.3) is 0 Å². The lowest BCUT2D eigenvalue weighted by Gasteiger charge is -2.20. The lowest BCUT2D eigenvalue weighted by molar-refractivity contribution is -0.161. The maximum Gasteiger partial charge on any atom is 0.472 e. The summed E-state index contributed by atoms with van der Waals surface area (Å²) in [5.74, 6) is -0.871. The first-order chi connectivity index (χ1) is 26.3. The molecule has 0 aromatic heterocycles. The van der Waals surface area contributed by atoms with Gasteiger partial charge in [-0.2, -0.15) is 0 Å². The van der Waals surface area contributed by atoms with Crippen LogP contribution >= 0.6 is 7.82 Å². The van der Waals surface area contributed by atoms with Gasteiger partial charge < -0.3 is 19.7 Å². The summed E-state index contributed by atoms with van der Waals surface area (Å²) in [5, 5.41) is 2.81. The van der Waals surface area contributed by atoms with Crippen molar-refractivity contribution in [2.24, 2.45) is 0 Å². The number of unbranched alkanes of at least 4 members (excludes halogenated alkanes) is 12. The van der Waals surface area contributed by atoms with Gasteiger partial charge in [0.2, 0.25) is 0 Å². The minimum absolute atomic E-state index is 0.0301. The summed E-state index contributed by atoms with van der Waals surface area (Å²) in [6, 6.07) is 0. The van der Waals surface area contributed by atoms with Crippen molar-refractivity contribution in [2.75, 3.05) is 33.4 Å². The van der Waals surface area contributed by atoms with Crippen LogP contribution in [0.15, 0.2) is 72.9 Å². The average Bonchev–Trinajstić information content (AvgIpc) is 3.15. The van der Waals surface area contributed by atoms with Gasteiger partial charge >= 0.3 is 19.8 Å². The van der Waals surface area contributed by atoms with Crippen LogP contribution in [0.25, 0.3) is 0 Å². The standard InChI is InChI=1S/C44H76NO8P/c1-4-6-8-10-12-14-16-18-20-21-23-24-26-28-30-32-34-36-43(46)50-40-42(41-52-54(48,49)51-39-38-45-3)53-44(47)37-35-33-31-29-27-25-22-19-17-15-13-11-9-7-5-2/h7,9,12-15,18-20,22,27,29,42,45H,4-6,8,10-11,16-17,21,23-26,28,30-41H2,1-3H3,(H,48,49)/b9-7-,14-12-,15-13-,20-18-,22-19-,29-27-. The largest absolute Gasteiger partial charge is 0.472 e. The highest BCUT2D eigenvalue weighted by Gasteiger charge is 2.26. The third-order valence-electron chi connectivity index (χ3n) is 8.31. The summed E-state index contributed by atoms with van der Waals surface area (Å²) < 4.78 is 33.1. The van der Waals surface area contributed by atoms with Gasteiger partial charge in [-0.1, -0.05) is 132 Å². The van der Waals surface area contributed by atoms with Crippen LogP contribution in [0.2, 0.25) is 0 Å². The lowest BCUT2D eigenvalue weighted by atomic mass is 10.1. The molecule has 0 fully saturated rings. The molecule has 310 valence electrons. The molecule has 0 saturated carbocycles. The van der Waals surface area contributed by atoms with E-state index in [0.29, 0.717) is 13.0 Å². The Balaban J connectivity index is 4.33. The maximum absolute atomic E-state index is 12.6. The van der Waals surface area contributed by atoms with Crippen LogP contribution in [-0.2, 0) is 32.7 Å². The van der Waals surface area contributed by atoms with Crippen LogP contribution in [0.1, 0.15) is 155 Å². The Morgan fingerprint density at radius 1 is 0.593 bits per heavy atom. The number of phosphoric acid groups is 1. The fraction of sp³-hybridized carbons (Fsp3) is 0.682. The second-order valence-electron chi connectivity index (χ2n) is 13.4. The van der Waals surface area contributed by atoms with E-state index in [-0.39, 0.29) is 26.1 Å². The molecule has 54 heavy (non-hydrogen) atoms. The van der Waals surface area contributed by atoms with E-state index in [1.165, 1.54) is 44.9 Å². The van der Waals surface area contributed by atoms with Crippen molar-refractivity contribution >= 4 is 19.8 Å². The minimum atomic E-state index is -4.36. The molecule has 0 heterocycles. The fourth-order valence-corrected chi connectivity index (χ4v) is 5.91. The first-order valence-corrected chi connectivity index (χ1v) is 22.4. The first-order valence-electron chi connectivity index (χ1n) is 20.9. The third-order valence-corrected chi connectivity index (χ3v) is 9.29. The van der Waals surface area contributed by atoms with Gasteiger partial charge in [0.1, 0.15) is 6.61 Å². The summed E-state index contributed by atoms with van der Waals surface area (Å²) in [7, 11) is -2.67. The highest BCUT2D eigenvalue weighted by molar-refractivity contribution is 7.47. The number of esters is 2. The summed E-state index contributed by atoms with van der Waals surface area (Å²) >= 11 is 0. The van der Waals surface area contributed by atoms with E-state index >= 15 is 0 Å². The molecule has 2 N–H and O–H groups in total. The van der Waals surface area contributed by atoms with Crippen LogP contribution in [0.3, 0.4) is 0 Å². The van der Waals surface area contributed by atoms with Crippen LogP contribution in [-0.4, -0.2) is 56.3 Å². The first kappa shape index (κ1) is 51.5. The molecule has 0 radical (unpaired) electrons. The normalized spacial score (nSPS) is 14.1. The van der Waals surface area contributed by atoms with Crippen molar-refractivity contribution in [3.8, 4) is 0 Å². The number of carbonyl (C=O) groups is 2. The average molecular weight is 778 g/mol. The Hall–Kier alpha value is -2.55. The number of hydrogen-bond acceptors (Lipinski definition) is 8. The van der Waals surface area contributed by atoms with Crippen molar-refractivity contribution < 1.29 is 37.6 Å². The molecule has 0 aromatic rings. The Morgan fingerprint density at radius 2 is 1.06 bits per heavy atom. The quantitative estimate of drug-likeness (QED) is 0.0273. The Labute approximate surface area is 329 Å². The van der Waals surface area contributed by atoms with E-state index in [0.717, 1.165) is 77.0 Å². The molecule has 0 bridgehead atoms. The van der Waals surface area contributed by atoms with Gasteiger partial charge in [-0.15, -0.1) is 0 Å². The van der Waals surface area contributed by atoms with Gasteiger partial charge in [-0.3, -0.25) is 18.6 Å². The van der Waals surface area contributed by atoms with Crippen LogP contribution in [0, 0.1) is 0 Å². The van der Waals surface area contributed by atoms with E-state index in [1.807, 2.05) is 0 Å². The molecule has 0 amide bonds. The highest BCUT2D eigenvalue weighted by atomic mass is 31.2. The van der Waals surface area contributed by atoms with Crippen molar-refractivity contribution in [1.29, 1.82) is 0 Å². The van der Waals surface area contributed by atoms with Gasteiger partial charge in [0.15, 0.2) is 6.10 Å². The van der Waals surface area contributed by atoms with Gasteiger partial charge in [0.05, 0.1) is 13.2 Å². The van der Waals surface area contributed by atoms with Gasteiger partial charge in [-0.05, 0) is 90.5 Å². The number of rotatable bonds is 38. The molecule has 0 aromatic carbocycles. The monoisotopic (exact) mass is 778 g/mol. The Bertz CT molecular complexity index is 1110. The number of ether oxygens (including phenoxy) is 2. The summed E-state index contributed by atoms with van der Waals surface area (Å²) in [6.07, 6.45) is 46.6. The molecule has 0 spiro atoms. The van der Waals surface area contributed by atoms with Crippen LogP contribution < -0.4 is 5.32 Å². The zero-order valence-electron chi connectivity index (χ0n) is 34.1. The molecule has 0 aliphatic carbocycles. The van der Waals surface area contributed by atoms with Crippen molar-refractivity contribution in [1.82, 2.24) is 5.32 Å². The smallest absolute Gasteiger partial charge is 0.462 e. The molecule has 0 aliphatic heterocycles. The molecular formula is C44H76NO8P. The molecule has 2 atom stereocenters. The minimum Gasteiger partial charge on any atom is -0.462 e. The third kappa shape index (κ3) is 39.2. The topological polar surface area (TPSA) is 120 Å². The SMILES string of the molecule is CC/C=C\C/C=C\C/C=C\C/C=C\CCCCC(=O)OC(COC(=O)CCCCCCCCC/C=C\C/C=C\CCCCC)COP(=O)(O)OCCNC. The second-order valence-corrected chi connectivity index (χ2v) is 14.9. The van der Waals surface area contributed by atoms with E-state index in [2.05, 4.69) is 92.1 Å². The van der Waals surface area contributed by atoms with Crippen molar-refractivity contribution in [3.05, 3.63) is 72.9 Å². The number of hydrogen-bond donors (Lipinski definition) is 2. The van der Waals surface area contributed by atoms with E-state index in [9.17, 15) is 19.0 Å². The molecule has 0 aliphatic rings. The lowest BCUT2D eigenvalue weighted by Crippen LogP contribution is -2.29. The van der Waals surface area contributed by atoms with Gasteiger partial charge in [-0.25, -0.2) is 4.57 Å². The summed E-state index contributed by atoms with van der Waals surface area (Å²) in [4.78, 5) is 35.0. The zero-order chi connectivity index (χ0) is 39.6. The van der Waals surface area contributed by atoms with Crippen molar-refractivity contribution in [3.63, 3.8) is 0 Å². The molecule has 0 saturated heterocycles. The van der Waals surface area contributed by atoms with Crippen LogP contribution in [0.4, 0.5) is 0 Å². The maximum atomic E-state index is 12.6. The van der Waals surface area contributed by atoms with E-state index in [1.54, 1.807) is 7.05 Å². The molecule has 0 rings (SSSR count). The number of phosphoric ester groups is 1. The number of likely N-dealkylation sites (N-methyl/N-ethyl adjacent to an activating group) is 1. The van der Waals surface area contributed by atoms with Gasteiger partial charge in [0, 0.05) is 19.4 Å². The highest BCUT2D eigenvalue weighted by Crippen LogP contribution is 2.43. The zero-order valence-corrected chi connectivity index (χ0v) is 35.0. The summed E-state index contributed by atoms with van der Waals surface area (Å²) in [6.45, 7) is 4.01. The van der Waals surface area contributed by atoms with Crippen molar-refractivity contribution in [2.45, 2.75) is 161 Å². The Kier molecular flexibility index (Phi) is 38.2. The molecule has 9 nitrogen and oxygen atoms in total. The molecule has 10 heteroatoms. The number of nitrogens with one attached hydrogen (secondary N) is 1. The molecular weight excluding hydrogens is 701 g/mol. The number of allylic oxidation sites excluding steroid dienone is 12. The van der Waals surface area contributed by atoms with E-state index < -0.39 is 32.5 Å². The summed E-state index contributed by atoms with van der Waals surface area (Å²) in [5.41, 5.74) is 0. The predicted octanol–water partition coefficient (Wildman–Crippen LogP) is 11.8. The molecule has 2 unspecified atom stereocenters. The van der Waals surface area contributed by atoms with E-state index in [4.69, 9.17) is 18.5 Å². The predicted molar refractivity (Wildman–Crippen MR) is 224 cm³/mol. The fourth-order valence-electron chi connectivity index (χ4n) is 5.16.